The summed E-state index contributed by atoms with van der Waals surface area (Å²) in [6.45, 7) is 2.29. The molecule has 0 fully saturated rings. The Hall–Kier alpha value is -2.71. The zero-order chi connectivity index (χ0) is 18.3. The molecule has 0 saturated carbocycles. The highest BCUT2D eigenvalue weighted by molar-refractivity contribution is 7.89. The number of amides is 1. The molecule has 0 unspecified atom stereocenters. The number of nitrogens with one attached hydrogen (secondary N) is 2. The molecule has 0 radical (unpaired) electrons. The van der Waals surface area contributed by atoms with Crippen LogP contribution in [0.2, 0.25) is 0 Å². The standard InChI is InChI=1S/C17H17FN2O4S/c1-2-24-15-7-9-16(10-8-15)25(22,23)20-19-17(21)11-6-13-4-3-5-14(18)12-13/h3-12,20H,2H2,1H3,(H,19,21)/b11-6+. The number of ether oxygens (including phenoxy) is 1. The zero-order valence-electron chi connectivity index (χ0n) is 13.4. The van der Waals surface area contributed by atoms with Crippen LogP contribution in [0.25, 0.3) is 6.08 Å². The third-order valence-electron chi connectivity index (χ3n) is 3.03. The van der Waals surface area contributed by atoms with E-state index in [1.807, 2.05) is 11.8 Å². The zero-order valence-corrected chi connectivity index (χ0v) is 14.2. The normalized spacial score (nSPS) is 11.4. The molecule has 8 heteroatoms. The van der Waals surface area contributed by atoms with Gasteiger partial charge in [0.1, 0.15) is 11.6 Å². The quantitative estimate of drug-likeness (QED) is 0.583. The average Bonchev–Trinajstić information content (AvgIpc) is 2.59. The number of hydrogen-bond donors (Lipinski definition) is 2. The summed E-state index contributed by atoms with van der Waals surface area (Å²) < 4.78 is 42.4. The Kier molecular flexibility index (Phi) is 6.26. The fraction of sp³-hybridized carbons (Fsp3) is 0.118. The van der Waals surface area contributed by atoms with Crippen molar-refractivity contribution in [1.29, 1.82) is 0 Å². The first-order valence-corrected chi connectivity index (χ1v) is 8.87. The molecule has 132 valence electrons. The van der Waals surface area contributed by atoms with E-state index in [1.54, 1.807) is 6.07 Å². The molecule has 0 saturated heterocycles. The third kappa shape index (κ3) is 5.70. The minimum atomic E-state index is -3.91. The van der Waals surface area contributed by atoms with Crippen molar-refractivity contribution in [3.63, 3.8) is 0 Å². The van der Waals surface area contributed by atoms with E-state index in [-0.39, 0.29) is 4.90 Å². The Labute approximate surface area is 145 Å². The smallest absolute Gasteiger partial charge is 0.258 e. The highest BCUT2D eigenvalue weighted by Crippen LogP contribution is 2.15. The van der Waals surface area contributed by atoms with Crippen molar-refractivity contribution in [1.82, 2.24) is 10.3 Å². The van der Waals surface area contributed by atoms with E-state index in [9.17, 15) is 17.6 Å². The maximum Gasteiger partial charge on any atom is 0.258 e. The van der Waals surface area contributed by atoms with Gasteiger partial charge in [-0.15, -0.1) is 4.83 Å². The Morgan fingerprint density at radius 3 is 2.56 bits per heavy atom. The van der Waals surface area contributed by atoms with Crippen LogP contribution in [0.5, 0.6) is 5.75 Å². The molecule has 6 nitrogen and oxygen atoms in total. The Morgan fingerprint density at radius 1 is 1.20 bits per heavy atom. The summed E-state index contributed by atoms with van der Waals surface area (Å²) >= 11 is 0. The van der Waals surface area contributed by atoms with Crippen LogP contribution in [-0.4, -0.2) is 20.9 Å². The molecule has 0 aromatic heterocycles. The van der Waals surface area contributed by atoms with Crippen LogP contribution in [0, 0.1) is 5.82 Å². The summed E-state index contributed by atoms with van der Waals surface area (Å²) in [4.78, 5) is 13.6. The second kappa shape index (κ2) is 8.41. The van der Waals surface area contributed by atoms with Crippen LogP contribution in [-0.2, 0) is 14.8 Å². The lowest BCUT2D eigenvalue weighted by atomic mass is 10.2. The summed E-state index contributed by atoms with van der Waals surface area (Å²) in [6, 6.07) is 11.4. The van der Waals surface area contributed by atoms with Crippen LogP contribution in [0.4, 0.5) is 4.39 Å². The second-order valence-corrected chi connectivity index (χ2v) is 6.57. The van der Waals surface area contributed by atoms with Gasteiger partial charge < -0.3 is 4.74 Å². The molecular weight excluding hydrogens is 347 g/mol. The number of benzene rings is 2. The van der Waals surface area contributed by atoms with Crippen LogP contribution >= 0.6 is 0 Å². The van der Waals surface area contributed by atoms with Gasteiger partial charge in [0.05, 0.1) is 11.5 Å². The minimum Gasteiger partial charge on any atom is -0.494 e. The molecule has 2 aromatic carbocycles. The summed E-state index contributed by atoms with van der Waals surface area (Å²) in [6.07, 6.45) is 2.46. The van der Waals surface area contributed by atoms with Crippen LogP contribution in [0.3, 0.4) is 0 Å². The van der Waals surface area contributed by atoms with E-state index in [2.05, 4.69) is 5.43 Å². The molecule has 25 heavy (non-hydrogen) atoms. The number of rotatable bonds is 7. The van der Waals surface area contributed by atoms with Crippen LogP contribution in [0.15, 0.2) is 59.5 Å². The maximum atomic E-state index is 13.0. The van der Waals surface area contributed by atoms with Crippen molar-refractivity contribution in [3.8, 4) is 5.75 Å². The monoisotopic (exact) mass is 364 g/mol. The van der Waals surface area contributed by atoms with Crippen LogP contribution < -0.4 is 15.0 Å². The van der Waals surface area contributed by atoms with Crippen molar-refractivity contribution < 1.29 is 22.3 Å². The van der Waals surface area contributed by atoms with Gasteiger partial charge >= 0.3 is 0 Å². The molecule has 0 aliphatic rings. The molecular formula is C17H17FN2O4S. The van der Waals surface area contributed by atoms with Gasteiger partial charge in [-0.3, -0.25) is 10.2 Å². The largest absolute Gasteiger partial charge is 0.494 e. The van der Waals surface area contributed by atoms with Crippen molar-refractivity contribution in [2.24, 2.45) is 0 Å². The highest BCUT2D eigenvalue weighted by atomic mass is 32.2. The molecule has 0 spiro atoms. The highest BCUT2D eigenvalue weighted by Gasteiger charge is 2.14. The van der Waals surface area contributed by atoms with Gasteiger partial charge in [0.2, 0.25) is 0 Å². The molecule has 1 amide bonds. The molecule has 2 aromatic rings. The van der Waals surface area contributed by atoms with E-state index in [4.69, 9.17) is 4.74 Å². The second-order valence-electron chi connectivity index (χ2n) is 4.89. The topological polar surface area (TPSA) is 84.5 Å². The number of hydrogen-bond acceptors (Lipinski definition) is 4. The lowest BCUT2D eigenvalue weighted by Crippen LogP contribution is -2.40. The number of hydrazine groups is 1. The SMILES string of the molecule is CCOc1ccc(S(=O)(=O)NNC(=O)/C=C/c2cccc(F)c2)cc1. The van der Waals surface area contributed by atoms with Gasteiger partial charge in [0.15, 0.2) is 0 Å². The summed E-state index contributed by atoms with van der Waals surface area (Å²) in [5.41, 5.74) is 2.53. The predicted octanol–water partition coefficient (Wildman–Crippen LogP) is 2.25. The molecule has 2 rings (SSSR count). The van der Waals surface area contributed by atoms with Gasteiger partial charge in [-0.1, -0.05) is 12.1 Å². The number of carbonyl (C=O) groups excluding carboxylic acids is 1. The summed E-state index contributed by atoms with van der Waals surface area (Å²) in [7, 11) is -3.91. The summed E-state index contributed by atoms with van der Waals surface area (Å²) in [5, 5.41) is 0. The Morgan fingerprint density at radius 2 is 1.92 bits per heavy atom. The summed E-state index contributed by atoms with van der Waals surface area (Å²) in [5.74, 6) is -0.582. The Balaban J connectivity index is 1.95. The molecule has 0 aliphatic carbocycles. The predicted molar refractivity (Wildman–Crippen MR) is 91.5 cm³/mol. The first kappa shape index (κ1) is 18.6. The molecule has 0 heterocycles. The van der Waals surface area contributed by atoms with Crippen molar-refractivity contribution >= 4 is 22.0 Å². The average molecular weight is 364 g/mol. The van der Waals surface area contributed by atoms with E-state index >= 15 is 0 Å². The fourth-order valence-electron chi connectivity index (χ4n) is 1.88. The molecule has 0 bridgehead atoms. The van der Waals surface area contributed by atoms with Crippen molar-refractivity contribution in [2.45, 2.75) is 11.8 Å². The van der Waals surface area contributed by atoms with E-state index in [1.165, 1.54) is 48.5 Å². The van der Waals surface area contributed by atoms with E-state index in [0.29, 0.717) is 17.9 Å². The van der Waals surface area contributed by atoms with Gasteiger partial charge in [-0.25, -0.2) is 12.8 Å². The number of halogens is 1. The maximum absolute atomic E-state index is 13.0. The van der Waals surface area contributed by atoms with Crippen molar-refractivity contribution in [3.05, 3.63) is 66.0 Å². The van der Waals surface area contributed by atoms with Gasteiger partial charge in [-0.2, -0.15) is 0 Å². The lowest BCUT2D eigenvalue weighted by Gasteiger charge is -2.08. The van der Waals surface area contributed by atoms with Crippen molar-refractivity contribution in [2.75, 3.05) is 6.61 Å². The fourth-order valence-corrected chi connectivity index (χ4v) is 2.73. The van der Waals surface area contributed by atoms with E-state index in [0.717, 1.165) is 6.08 Å². The number of sulfonamides is 1. The third-order valence-corrected chi connectivity index (χ3v) is 4.29. The minimum absolute atomic E-state index is 0.0228. The molecule has 2 N–H and O–H groups in total. The van der Waals surface area contributed by atoms with E-state index < -0.39 is 21.7 Å². The van der Waals surface area contributed by atoms with Gasteiger partial charge in [0.25, 0.3) is 15.9 Å². The van der Waals surface area contributed by atoms with Gasteiger partial charge in [-0.05, 0) is 55.0 Å². The first-order valence-electron chi connectivity index (χ1n) is 7.39. The first-order chi connectivity index (χ1) is 11.9. The van der Waals surface area contributed by atoms with Crippen LogP contribution in [0.1, 0.15) is 12.5 Å². The molecule has 0 aliphatic heterocycles. The lowest BCUT2D eigenvalue weighted by molar-refractivity contribution is -0.116. The molecule has 0 atom stereocenters. The number of carbonyl (C=O) groups is 1. The van der Waals surface area contributed by atoms with Gasteiger partial charge in [0, 0.05) is 6.08 Å². The Bertz CT molecular complexity index is 864.